The van der Waals surface area contributed by atoms with E-state index < -0.39 is 16.1 Å². The molecule has 5 rings (SSSR count). The molecule has 1 aliphatic heterocycles. The van der Waals surface area contributed by atoms with Crippen LogP contribution in [-0.4, -0.2) is 61.3 Å². The van der Waals surface area contributed by atoms with Crippen molar-refractivity contribution < 1.29 is 13.2 Å². The van der Waals surface area contributed by atoms with Gasteiger partial charge in [0, 0.05) is 44.5 Å². The quantitative estimate of drug-likeness (QED) is 0.359. The number of fused-ring (bicyclic) bond motifs is 1. The summed E-state index contributed by atoms with van der Waals surface area (Å²) in [5.74, 6) is 1.15. The molecule has 0 bridgehead atoms. The van der Waals surface area contributed by atoms with E-state index in [0.29, 0.717) is 24.1 Å². The molecule has 1 aliphatic rings. The van der Waals surface area contributed by atoms with Crippen LogP contribution in [0.4, 0.5) is 5.69 Å². The number of benzene rings is 3. The molecule has 9 nitrogen and oxygen atoms in total. The summed E-state index contributed by atoms with van der Waals surface area (Å²) in [7, 11) is -1.65. The number of nitrogens with zero attached hydrogens (tertiary/aromatic N) is 5. The Hall–Kier alpha value is -3.47. The standard InChI is InChI=1S/C28H34N6O3S/c1-5-34-27(21(3)31-38(35,36)25-12-13-26-20(2)8-6-9-22(26)18-25)29-30-28(34)37-24-11-7-10-23(19-24)33-16-14-32(4)15-17-33/h6-13,18-19,21,31H,5,14-17H2,1-4H3/t21-/m1/s1. The van der Waals surface area contributed by atoms with E-state index in [1.54, 1.807) is 23.6 Å². The first-order chi connectivity index (χ1) is 18.2. The number of hydrogen-bond donors (Lipinski definition) is 1. The topological polar surface area (TPSA) is 92.6 Å². The van der Waals surface area contributed by atoms with Gasteiger partial charge >= 0.3 is 6.01 Å². The first-order valence-electron chi connectivity index (χ1n) is 12.9. The van der Waals surface area contributed by atoms with E-state index in [-0.39, 0.29) is 4.90 Å². The summed E-state index contributed by atoms with van der Waals surface area (Å²) in [5, 5.41) is 10.4. The number of rotatable bonds is 8. The minimum Gasteiger partial charge on any atom is -0.424 e. The lowest BCUT2D eigenvalue weighted by atomic mass is 10.1. The van der Waals surface area contributed by atoms with Crippen LogP contribution in [0.1, 0.15) is 31.3 Å². The van der Waals surface area contributed by atoms with Gasteiger partial charge < -0.3 is 14.5 Å². The van der Waals surface area contributed by atoms with Gasteiger partial charge in [-0.2, -0.15) is 0 Å². The second-order valence-corrected chi connectivity index (χ2v) is 11.5. The molecule has 38 heavy (non-hydrogen) atoms. The third-order valence-electron chi connectivity index (χ3n) is 7.06. The summed E-state index contributed by atoms with van der Waals surface area (Å²) >= 11 is 0. The molecule has 2 heterocycles. The van der Waals surface area contributed by atoms with Crippen LogP contribution in [0, 0.1) is 6.92 Å². The van der Waals surface area contributed by atoms with Crippen LogP contribution >= 0.6 is 0 Å². The van der Waals surface area contributed by atoms with Gasteiger partial charge in [-0.15, -0.1) is 5.10 Å². The van der Waals surface area contributed by atoms with Crippen LogP contribution < -0.4 is 14.4 Å². The number of likely N-dealkylation sites (N-methyl/N-ethyl adjacent to an activating group) is 1. The van der Waals surface area contributed by atoms with Gasteiger partial charge in [0.2, 0.25) is 10.0 Å². The van der Waals surface area contributed by atoms with Crippen LogP contribution in [0.5, 0.6) is 11.8 Å². The lowest BCUT2D eigenvalue weighted by molar-refractivity contribution is 0.312. The molecule has 0 spiro atoms. The predicted molar refractivity (Wildman–Crippen MR) is 149 cm³/mol. The fraction of sp³-hybridized carbons (Fsp3) is 0.357. The summed E-state index contributed by atoms with van der Waals surface area (Å²) in [6.45, 7) is 10.2. The molecule has 1 aromatic heterocycles. The van der Waals surface area contributed by atoms with Crippen molar-refractivity contribution in [1.82, 2.24) is 24.4 Å². The second-order valence-electron chi connectivity index (χ2n) is 9.78. The number of ether oxygens (including phenoxy) is 1. The molecule has 0 unspecified atom stereocenters. The third-order valence-corrected chi connectivity index (χ3v) is 8.59. The van der Waals surface area contributed by atoms with E-state index in [4.69, 9.17) is 4.74 Å². The minimum absolute atomic E-state index is 0.210. The molecule has 0 aliphatic carbocycles. The summed E-state index contributed by atoms with van der Waals surface area (Å²) in [4.78, 5) is 4.87. The van der Waals surface area contributed by atoms with Crippen molar-refractivity contribution >= 4 is 26.5 Å². The lowest BCUT2D eigenvalue weighted by Crippen LogP contribution is -2.44. The molecule has 1 saturated heterocycles. The zero-order valence-corrected chi connectivity index (χ0v) is 23.1. The molecule has 1 atom stereocenters. The molecule has 0 radical (unpaired) electrons. The Morgan fingerprint density at radius 2 is 1.76 bits per heavy atom. The molecule has 200 valence electrons. The first kappa shape index (κ1) is 26.1. The normalized spacial score (nSPS) is 15.6. The van der Waals surface area contributed by atoms with Crippen molar-refractivity contribution in [3.63, 3.8) is 0 Å². The maximum atomic E-state index is 13.2. The molecule has 0 amide bonds. The van der Waals surface area contributed by atoms with E-state index in [1.165, 1.54) is 0 Å². The van der Waals surface area contributed by atoms with Crippen molar-refractivity contribution in [2.45, 2.75) is 38.3 Å². The molecule has 1 N–H and O–H groups in total. The number of nitrogens with one attached hydrogen (secondary N) is 1. The fourth-order valence-electron chi connectivity index (χ4n) is 4.85. The Kier molecular flexibility index (Phi) is 7.38. The monoisotopic (exact) mass is 534 g/mol. The Labute approximate surface area is 224 Å². The number of sulfonamides is 1. The van der Waals surface area contributed by atoms with Gasteiger partial charge in [-0.05, 0) is 68.4 Å². The molecule has 4 aromatic rings. The van der Waals surface area contributed by atoms with Gasteiger partial charge in [0.1, 0.15) is 5.75 Å². The highest BCUT2D eigenvalue weighted by molar-refractivity contribution is 7.89. The molecule has 3 aromatic carbocycles. The number of piperazine rings is 1. The van der Waals surface area contributed by atoms with Crippen molar-refractivity contribution in [1.29, 1.82) is 0 Å². The second kappa shape index (κ2) is 10.7. The first-order valence-corrected chi connectivity index (χ1v) is 14.4. The predicted octanol–water partition coefficient (Wildman–Crippen LogP) is 4.34. The summed E-state index contributed by atoms with van der Waals surface area (Å²) in [6.07, 6.45) is 0. The highest BCUT2D eigenvalue weighted by atomic mass is 32.2. The Bertz CT molecular complexity index is 1540. The van der Waals surface area contributed by atoms with Crippen molar-refractivity contribution in [2.24, 2.45) is 0 Å². The number of anilines is 1. The van der Waals surface area contributed by atoms with Gasteiger partial charge in [-0.3, -0.25) is 4.57 Å². The van der Waals surface area contributed by atoms with Gasteiger partial charge in [0.05, 0.1) is 10.9 Å². The van der Waals surface area contributed by atoms with E-state index in [0.717, 1.165) is 48.2 Å². The highest BCUT2D eigenvalue weighted by Gasteiger charge is 2.24. The van der Waals surface area contributed by atoms with Crippen LogP contribution in [0.15, 0.2) is 65.6 Å². The summed E-state index contributed by atoms with van der Waals surface area (Å²) in [6, 6.07) is 18.7. The zero-order chi connectivity index (χ0) is 26.9. The van der Waals surface area contributed by atoms with E-state index >= 15 is 0 Å². The maximum absolute atomic E-state index is 13.2. The SMILES string of the molecule is CCn1c(Oc2cccc(N3CCN(C)CC3)c2)nnc1[C@@H](C)NS(=O)(=O)c1ccc2c(C)cccc2c1. The van der Waals surface area contributed by atoms with E-state index in [2.05, 4.69) is 37.8 Å². The van der Waals surface area contributed by atoms with Gasteiger partial charge in [0.25, 0.3) is 0 Å². The van der Waals surface area contributed by atoms with E-state index in [9.17, 15) is 8.42 Å². The average molecular weight is 535 g/mol. The average Bonchev–Trinajstić information content (AvgIpc) is 3.31. The van der Waals surface area contributed by atoms with Crippen molar-refractivity contribution in [3.8, 4) is 11.8 Å². The van der Waals surface area contributed by atoms with Gasteiger partial charge in [-0.25, -0.2) is 13.1 Å². The smallest absolute Gasteiger partial charge is 0.322 e. The minimum atomic E-state index is -3.79. The summed E-state index contributed by atoms with van der Waals surface area (Å²) < 4.78 is 37.2. The van der Waals surface area contributed by atoms with Gasteiger partial charge in [-0.1, -0.05) is 35.4 Å². The maximum Gasteiger partial charge on any atom is 0.322 e. The van der Waals surface area contributed by atoms with E-state index in [1.807, 2.05) is 56.3 Å². The summed E-state index contributed by atoms with van der Waals surface area (Å²) in [5.41, 5.74) is 2.20. The molecular formula is C28H34N6O3S. The van der Waals surface area contributed by atoms with Crippen LogP contribution in [0.25, 0.3) is 10.8 Å². The number of hydrogen-bond acceptors (Lipinski definition) is 7. The van der Waals surface area contributed by atoms with Crippen LogP contribution in [-0.2, 0) is 16.6 Å². The van der Waals surface area contributed by atoms with Gasteiger partial charge in [0.15, 0.2) is 5.82 Å². The molecule has 10 heteroatoms. The zero-order valence-electron chi connectivity index (χ0n) is 22.3. The van der Waals surface area contributed by atoms with Crippen molar-refractivity contribution in [3.05, 3.63) is 72.1 Å². The Morgan fingerprint density at radius 1 is 1.00 bits per heavy atom. The largest absolute Gasteiger partial charge is 0.424 e. The fourth-order valence-corrected chi connectivity index (χ4v) is 6.09. The Morgan fingerprint density at radius 3 is 2.53 bits per heavy atom. The molecule has 1 fully saturated rings. The number of aryl methyl sites for hydroxylation is 1. The highest BCUT2D eigenvalue weighted by Crippen LogP contribution is 2.28. The van der Waals surface area contributed by atoms with Crippen LogP contribution in [0.2, 0.25) is 0 Å². The number of aromatic nitrogens is 3. The van der Waals surface area contributed by atoms with Crippen molar-refractivity contribution in [2.75, 3.05) is 38.1 Å². The van der Waals surface area contributed by atoms with Crippen LogP contribution in [0.3, 0.4) is 0 Å². The molecular weight excluding hydrogens is 500 g/mol. The molecule has 0 saturated carbocycles. The Balaban J connectivity index is 1.34. The third kappa shape index (κ3) is 5.38. The lowest BCUT2D eigenvalue weighted by Gasteiger charge is -2.34.